The third-order valence-electron chi connectivity index (χ3n) is 3.41. The summed E-state index contributed by atoms with van der Waals surface area (Å²) < 4.78 is 0. The number of hydrogen-bond donors (Lipinski definition) is 0. The van der Waals surface area contributed by atoms with E-state index in [0.29, 0.717) is 5.75 Å². The highest BCUT2D eigenvalue weighted by Crippen LogP contribution is 2.25. The topological polar surface area (TPSA) is 32.7 Å². The van der Waals surface area contributed by atoms with E-state index in [1.54, 1.807) is 0 Å². The molecule has 1 aliphatic rings. The Hall–Kier alpha value is -2.07. The second kappa shape index (κ2) is 5.74. The monoisotopic (exact) mass is 296 g/mol. The van der Waals surface area contributed by atoms with Crippen LogP contribution < -0.4 is 4.90 Å². The third-order valence-corrected chi connectivity index (χ3v) is 4.40. The Labute approximate surface area is 128 Å². The van der Waals surface area contributed by atoms with Crippen LogP contribution in [0.3, 0.4) is 0 Å². The van der Waals surface area contributed by atoms with Gasteiger partial charge in [-0.05, 0) is 23.3 Å². The molecule has 0 unspecified atom stereocenters. The molecule has 3 rings (SSSR count). The van der Waals surface area contributed by atoms with Gasteiger partial charge in [-0.1, -0.05) is 48.2 Å². The molecular formula is C17H16N2OS. The van der Waals surface area contributed by atoms with E-state index in [9.17, 15) is 4.79 Å². The molecule has 0 bridgehead atoms. The van der Waals surface area contributed by atoms with Gasteiger partial charge in [0, 0.05) is 25.3 Å². The molecule has 1 heterocycles. The van der Waals surface area contributed by atoms with Crippen LogP contribution in [0.4, 0.5) is 5.69 Å². The maximum Gasteiger partial charge on any atom is 0.257 e. The summed E-state index contributed by atoms with van der Waals surface area (Å²) in [5.41, 5.74) is 4.55. The van der Waals surface area contributed by atoms with Crippen LogP contribution in [0.15, 0.2) is 53.5 Å². The van der Waals surface area contributed by atoms with Crippen molar-refractivity contribution in [1.29, 1.82) is 0 Å². The number of aliphatic imine (C=N–C) groups is 1. The Bertz CT molecular complexity index is 688. The van der Waals surface area contributed by atoms with Crippen LogP contribution in [0, 0.1) is 0 Å². The molecule has 1 amide bonds. The average Bonchev–Trinajstić information content (AvgIpc) is 2.94. The molecule has 0 atom stereocenters. The summed E-state index contributed by atoms with van der Waals surface area (Å²) in [7, 11) is 4.07. The van der Waals surface area contributed by atoms with Crippen LogP contribution in [0.1, 0.15) is 5.56 Å². The van der Waals surface area contributed by atoms with Crippen molar-refractivity contribution in [1.82, 2.24) is 0 Å². The first-order valence-electron chi connectivity index (χ1n) is 6.76. The summed E-state index contributed by atoms with van der Waals surface area (Å²) in [4.78, 5) is 17.3. The Morgan fingerprint density at radius 1 is 0.905 bits per heavy atom. The number of rotatable bonds is 3. The van der Waals surface area contributed by atoms with Gasteiger partial charge < -0.3 is 4.90 Å². The van der Waals surface area contributed by atoms with Crippen LogP contribution >= 0.6 is 11.8 Å². The predicted octanol–water partition coefficient (Wildman–Crippen LogP) is 3.44. The van der Waals surface area contributed by atoms with Crippen LogP contribution in [0.5, 0.6) is 0 Å². The second-order valence-corrected chi connectivity index (χ2v) is 6.08. The minimum atomic E-state index is -0.0432. The first kappa shape index (κ1) is 13.9. The third kappa shape index (κ3) is 3.00. The number of nitrogens with zero attached hydrogens (tertiary/aromatic N) is 2. The molecular weight excluding hydrogens is 280 g/mol. The summed E-state index contributed by atoms with van der Waals surface area (Å²) in [6.45, 7) is 0. The van der Waals surface area contributed by atoms with Crippen LogP contribution in [0.25, 0.3) is 11.1 Å². The van der Waals surface area contributed by atoms with Crippen molar-refractivity contribution in [2.24, 2.45) is 4.99 Å². The van der Waals surface area contributed by atoms with Gasteiger partial charge in [0.15, 0.2) is 0 Å². The standard InChI is InChI=1S/C17H16N2OS/c1-19(2)15-9-7-13(8-10-15)12-3-5-14(6-4-12)17-18-16(20)11-21-17/h3-10H,11H2,1-2H3. The first-order valence-corrected chi connectivity index (χ1v) is 7.74. The minimum Gasteiger partial charge on any atom is -0.378 e. The highest BCUT2D eigenvalue weighted by Gasteiger charge is 2.16. The minimum absolute atomic E-state index is 0.0432. The van der Waals surface area contributed by atoms with Gasteiger partial charge >= 0.3 is 0 Å². The van der Waals surface area contributed by atoms with E-state index in [1.165, 1.54) is 28.6 Å². The largest absolute Gasteiger partial charge is 0.378 e. The van der Waals surface area contributed by atoms with E-state index >= 15 is 0 Å². The lowest BCUT2D eigenvalue weighted by atomic mass is 10.0. The van der Waals surface area contributed by atoms with E-state index in [1.807, 2.05) is 26.2 Å². The van der Waals surface area contributed by atoms with Gasteiger partial charge in [-0.2, -0.15) is 0 Å². The summed E-state index contributed by atoms with van der Waals surface area (Å²) in [6, 6.07) is 16.7. The van der Waals surface area contributed by atoms with Gasteiger partial charge in [0.25, 0.3) is 5.91 Å². The number of amides is 1. The van der Waals surface area contributed by atoms with Crippen molar-refractivity contribution < 1.29 is 4.79 Å². The molecule has 0 spiro atoms. The fourth-order valence-electron chi connectivity index (χ4n) is 2.21. The Morgan fingerprint density at radius 3 is 1.90 bits per heavy atom. The lowest BCUT2D eigenvalue weighted by molar-refractivity contribution is -0.115. The second-order valence-electron chi connectivity index (χ2n) is 5.12. The molecule has 3 nitrogen and oxygen atoms in total. The molecule has 21 heavy (non-hydrogen) atoms. The van der Waals surface area contributed by atoms with Crippen molar-refractivity contribution in [3.8, 4) is 11.1 Å². The maximum absolute atomic E-state index is 11.2. The Kier molecular flexibility index (Phi) is 3.80. The maximum atomic E-state index is 11.2. The van der Waals surface area contributed by atoms with E-state index in [0.717, 1.165) is 10.6 Å². The zero-order valence-electron chi connectivity index (χ0n) is 12.0. The summed E-state index contributed by atoms with van der Waals surface area (Å²) in [5.74, 6) is 0.418. The van der Waals surface area contributed by atoms with E-state index in [4.69, 9.17) is 0 Å². The number of thioether (sulfide) groups is 1. The summed E-state index contributed by atoms with van der Waals surface area (Å²) in [6.07, 6.45) is 0. The molecule has 2 aromatic rings. The molecule has 0 radical (unpaired) electrons. The highest BCUT2D eigenvalue weighted by atomic mass is 32.2. The molecule has 0 aliphatic carbocycles. The molecule has 2 aromatic carbocycles. The fourth-order valence-corrected chi connectivity index (χ4v) is 3.01. The van der Waals surface area contributed by atoms with Crippen LogP contribution in [0.2, 0.25) is 0 Å². The van der Waals surface area contributed by atoms with E-state index in [-0.39, 0.29) is 5.91 Å². The van der Waals surface area contributed by atoms with Crippen molar-refractivity contribution in [3.05, 3.63) is 54.1 Å². The first-order chi connectivity index (χ1) is 10.1. The van der Waals surface area contributed by atoms with Crippen LogP contribution in [-0.4, -0.2) is 30.8 Å². The molecule has 106 valence electrons. The molecule has 0 aromatic heterocycles. The zero-order valence-corrected chi connectivity index (χ0v) is 12.9. The lowest BCUT2D eigenvalue weighted by Crippen LogP contribution is -2.07. The van der Waals surface area contributed by atoms with Crippen molar-refractivity contribution in [3.63, 3.8) is 0 Å². The molecule has 1 aliphatic heterocycles. The molecule has 0 saturated heterocycles. The number of carbonyl (C=O) groups excluding carboxylic acids is 1. The van der Waals surface area contributed by atoms with Gasteiger partial charge in [0.1, 0.15) is 5.04 Å². The van der Waals surface area contributed by atoms with Crippen molar-refractivity contribution >= 4 is 28.4 Å². The van der Waals surface area contributed by atoms with E-state index < -0.39 is 0 Å². The van der Waals surface area contributed by atoms with Crippen LogP contribution in [-0.2, 0) is 4.79 Å². The van der Waals surface area contributed by atoms with Gasteiger partial charge in [0.05, 0.1) is 5.75 Å². The molecule has 4 heteroatoms. The average molecular weight is 296 g/mol. The number of benzene rings is 2. The van der Waals surface area contributed by atoms with Crippen molar-refractivity contribution in [2.45, 2.75) is 0 Å². The fraction of sp³-hybridized carbons (Fsp3) is 0.176. The smallest absolute Gasteiger partial charge is 0.257 e. The van der Waals surface area contributed by atoms with Crippen molar-refractivity contribution in [2.75, 3.05) is 24.7 Å². The number of hydrogen-bond acceptors (Lipinski definition) is 3. The number of anilines is 1. The predicted molar refractivity (Wildman–Crippen MR) is 90.2 cm³/mol. The SMILES string of the molecule is CN(C)c1ccc(-c2ccc(C3=NC(=O)CS3)cc2)cc1. The van der Waals surface area contributed by atoms with E-state index in [2.05, 4.69) is 46.3 Å². The molecule has 0 fully saturated rings. The summed E-state index contributed by atoms with van der Waals surface area (Å²) >= 11 is 1.51. The Balaban J connectivity index is 1.84. The Morgan fingerprint density at radius 2 is 1.43 bits per heavy atom. The summed E-state index contributed by atoms with van der Waals surface area (Å²) in [5, 5.41) is 0.828. The highest BCUT2D eigenvalue weighted by molar-refractivity contribution is 8.15. The quantitative estimate of drug-likeness (QED) is 0.870. The van der Waals surface area contributed by atoms with Gasteiger partial charge in [-0.3, -0.25) is 4.79 Å². The molecule has 0 N–H and O–H groups in total. The van der Waals surface area contributed by atoms with Gasteiger partial charge in [-0.15, -0.1) is 0 Å². The normalized spacial score (nSPS) is 14.2. The molecule has 0 saturated carbocycles. The van der Waals surface area contributed by atoms with Gasteiger partial charge in [0.2, 0.25) is 0 Å². The number of carbonyl (C=O) groups is 1. The lowest BCUT2D eigenvalue weighted by Gasteiger charge is -2.12. The van der Waals surface area contributed by atoms with Gasteiger partial charge in [-0.25, -0.2) is 4.99 Å². The zero-order chi connectivity index (χ0) is 14.8.